The Bertz CT molecular complexity index is 1100. The molecule has 0 unspecified atom stereocenters. The van der Waals surface area contributed by atoms with Crippen LogP contribution in [0.5, 0.6) is 11.5 Å². The minimum atomic E-state index is -4.13. The van der Waals surface area contributed by atoms with Gasteiger partial charge < -0.3 is 9.47 Å². The topological polar surface area (TPSA) is 72.9 Å². The van der Waals surface area contributed by atoms with E-state index in [9.17, 15) is 13.2 Å². The van der Waals surface area contributed by atoms with Crippen LogP contribution in [0.4, 0.5) is 5.69 Å². The van der Waals surface area contributed by atoms with Crippen molar-refractivity contribution in [3.05, 3.63) is 84.4 Å². The highest BCUT2D eigenvalue weighted by atomic mass is 32.2. The highest BCUT2D eigenvalue weighted by Gasteiger charge is 2.31. The fourth-order valence-corrected chi connectivity index (χ4v) is 4.31. The summed E-state index contributed by atoms with van der Waals surface area (Å²) in [5.74, 6) is 0.405. The number of hydrogen-bond donors (Lipinski definition) is 0. The minimum Gasteiger partial charge on any atom is -0.494 e. The second-order valence-electron chi connectivity index (χ2n) is 6.46. The molecule has 0 atom stereocenters. The van der Waals surface area contributed by atoms with Crippen LogP contribution in [0, 0.1) is 6.92 Å². The summed E-state index contributed by atoms with van der Waals surface area (Å²) in [6.45, 7) is 3.76. The monoisotopic (exact) mass is 425 g/mol. The van der Waals surface area contributed by atoms with Gasteiger partial charge in [0.2, 0.25) is 0 Å². The number of nitrogens with zero attached hydrogens (tertiary/aromatic N) is 1. The van der Waals surface area contributed by atoms with Crippen molar-refractivity contribution in [3.8, 4) is 11.5 Å². The van der Waals surface area contributed by atoms with Gasteiger partial charge in [0, 0.05) is 0 Å². The third-order valence-electron chi connectivity index (χ3n) is 4.33. The third-order valence-corrected chi connectivity index (χ3v) is 6.10. The predicted molar refractivity (Wildman–Crippen MR) is 115 cm³/mol. The lowest BCUT2D eigenvalue weighted by atomic mass is 10.2. The minimum absolute atomic E-state index is 0.0168. The van der Waals surface area contributed by atoms with Gasteiger partial charge in [0.15, 0.2) is 6.61 Å². The number of anilines is 1. The van der Waals surface area contributed by atoms with Crippen LogP contribution in [0.3, 0.4) is 0 Å². The maximum absolute atomic E-state index is 13.3. The van der Waals surface area contributed by atoms with Gasteiger partial charge in [-0.15, -0.1) is 0 Å². The SMILES string of the molecule is CCOc1ccc(N(C(=O)COc2ccccc2C)S(=O)(=O)c2ccccc2)cc1. The molecule has 0 aliphatic carbocycles. The summed E-state index contributed by atoms with van der Waals surface area (Å²) in [5.41, 5.74) is 1.06. The number of aryl methyl sites for hydroxylation is 1. The number of carbonyl (C=O) groups is 1. The van der Waals surface area contributed by atoms with Crippen molar-refractivity contribution in [2.24, 2.45) is 0 Å². The largest absolute Gasteiger partial charge is 0.494 e. The lowest BCUT2D eigenvalue weighted by molar-refractivity contribution is -0.119. The van der Waals surface area contributed by atoms with Crippen LogP contribution in [-0.2, 0) is 14.8 Å². The molecule has 156 valence electrons. The zero-order valence-corrected chi connectivity index (χ0v) is 17.6. The number of benzene rings is 3. The maximum Gasteiger partial charge on any atom is 0.278 e. The molecule has 0 aliphatic heterocycles. The zero-order valence-electron chi connectivity index (χ0n) is 16.8. The molecule has 7 heteroatoms. The molecule has 0 saturated heterocycles. The summed E-state index contributed by atoms with van der Waals surface area (Å²) in [6, 6.07) is 21.4. The summed E-state index contributed by atoms with van der Waals surface area (Å²) in [7, 11) is -4.13. The van der Waals surface area contributed by atoms with E-state index in [1.165, 1.54) is 24.3 Å². The number of carbonyl (C=O) groups excluding carboxylic acids is 1. The molecule has 30 heavy (non-hydrogen) atoms. The Morgan fingerprint density at radius 1 is 0.867 bits per heavy atom. The normalized spacial score (nSPS) is 11.0. The molecule has 3 rings (SSSR count). The number of sulfonamides is 1. The molecule has 0 aliphatic rings. The van der Waals surface area contributed by atoms with Crippen molar-refractivity contribution in [1.29, 1.82) is 0 Å². The van der Waals surface area contributed by atoms with Crippen molar-refractivity contribution < 1.29 is 22.7 Å². The van der Waals surface area contributed by atoms with Gasteiger partial charge >= 0.3 is 0 Å². The number of para-hydroxylation sites is 1. The van der Waals surface area contributed by atoms with E-state index in [2.05, 4.69) is 0 Å². The lowest BCUT2D eigenvalue weighted by Crippen LogP contribution is -2.40. The van der Waals surface area contributed by atoms with Gasteiger partial charge in [0.25, 0.3) is 15.9 Å². The Morgan fingerprint density at radius 2 is 1.50 bits per heavy atom. The van der Waals surface area contributed by atoms with E-state index in [1.54, 1.807) is 42.5 Å². The van der Waals surface area contributed by atoms with Crippen LogP contribution < -0.4 is 13.8 Å². The molecule has 0 aromatic heterocycles. The van der Waals surface area contributed by atoms with Crippen molar-refractivity contribution in [3.63, 3.8) is 0 Å². The molecule has 3 aromatic carbocycles. The molecule has 0 N–H and O–H groups in total. The van der Waals surface area contributed by atoms with Crippen LogP contribution in [0.2, 0.25) is 0 Å². The van der Waals surface area contributed by atoms with Crippen LogP contribution in [0.1, 0.15) is 12.5 Å². The van der Waals surface area contributed by atoms with Crippen LogP contribution >= 0.6 is 0 Å². The standard InChI is InChI=1S/C23H23NO5S/c1-3-28-20-15-13-19(14-16-20)24(30(26,27)21-10-5-4-6-11-21)23(25)17-29-22-12-8-7-9-18(22)2/h4-16H,3,17H2,1-2H3. The molecular formula is C23H23NO5S. The average Bonchev–Trinajstić information content (AvgIpc) is 2.75. The van der Waals surface area contributed by atoms with Gasteiger partial charge in [0.05, 0.1) is 17.2 Å². The lowest BCUT2D eigenvalue weighted by Gasteiger charge is -2.23. The van der Waals surface area contributed by atoms with Crippen molar-refractivity contribution in [1.82, 2.24) is 0 Å². The highest BCUT2D eigenvalue weighted by Crippen LogP contribution is 2.26. The van der Waals surface area contributed by atoms with Crippen molar-refractivity contribution >= 4 is 21.6 Å². The van der Waals surface area contributed by atoms with E-state index in [1.807, 2.05) is 26.0 Å². The summed E-state index contributed by atoms with van der Waals surface area (Å²) < 4.78 is 38.4. The molecule has 0 saturated carbocycles. The molecule has 3 aromatic rings. The maximum atomic E-state index is 13.3. The first-order valence-electron chi connectivity index (χ1n) is 9.48. The smallest absolute Gasteiger partial charge is 0.278 e. The van der Waals surface area contributed by atoms with Gasteiger partial charge in [-0.2, -0.15) is 4.31 Å². The summed E-state index contributed by atoms with van der Waals surface area (Å²) >= 11 is 0. The molecule has 0 bridgehead atoms. The predicted octanol–water partition coefficient (Wildman–Crippen LogP) is 4.19. The van der Waals surface area contributed by atoms with Crippen LogP contribution in [0.25, 0.3) is 0 Å². The second-order valence-corrected chi connectivity index (χ2v) is 8.24. The van der Waals surface area contributed by atoms with E-state index >= 15 is 0 Å². The number of amides is 1. The fraction of sp³-hybridized carbons (Fsp3) is 0.174. The Hall–Kier alpha value is -3.32. The van der Waals surface area contributed by atoms with Gasteiger partial charge in [0.1, 0.15) is 11.5 Å². The van der Waals surface area contributed by atoms with Gasteiger partial charge in [-0.05, 0) is 61.9 Å². The highest BCUT2D eigenvalue weighted by molar-refractivity contribution is 7.93. The van der Waals surface area contributed by atoms with Crippen molar-refractivity contribution in [2.45, 2.75) is 18.7 Å². The first kappa shape index (κ1) is 21.4. The molecular weight excluding hydrogens is 402 g/mol. The van der Waals surface area contributed by atoms with Crippen LogP contribution in [-0.4, -0.2) is 27.5 Å². The van der Waals surface area contributed by atoms with Crippen molar-refractivity contribution in [2.75, 3.05) is 17.5 Å². The second kappa shape index (κ2) is 9.45. The van der Waals surface area contributed by atoms with Gasteiger partial charge in [-0.25, -0.2) is 8.42 Å². The molecule has 0 fully saturated rings. The first-order chi connectivity index (χ1) is 14.4. The Kier molecular flexibility index (Phi) is 6.74. The van der Waals surface area contributed by atoms with E-state index in [0.717, 1.165) is 9.87 Å². The van der Waals surface area contributed by atoms with Gasteiger partial charge in [-0.3, -0.25) is 4.79 Å². The summed E-state index contributed by atoms with van der Waals surface area (Å²) in [4.78, 5) is 13.1. The number of hydrogen-bond acceptors (Lipinski definition) is 5. The van der Waals surface area contributed by atoms with E-state index in [4.69, 9.17) is 9.47 Å². The fourth-order valence-electron chi connectivity index (χ4n) is 2.88. The average molecular weight is 426 g/mol. The Balaban J connectivity index is 1.94. The molecule has 0 radical (unpaired) electrons. The summed E-state index contributed by atoms with van der Waals surface area (Å²) in [5, 5.41) is 0. The quantitative estimate of drug-likeness (QED) is 0.541. The molecule has 0 spiro atoms. The van der Waals surface area contributed by atoms with E-state index in [-0.39, 0.29) is 10.6 Å². The van der Waals surface area contributed by atoms with Gasteiger partial charge in [-0.1, -0.05) is 36.4 Å². The first-order valence-corrected chi connectivity index (χ1v) is 10.9. The molecule has 1 amide bonds. The Labute approximate surface area is 176 Å². The summed E-state index contributed by atoms with van der Waals surface area (Å²) in [6.07, 6.45) is 0. The van der Waals surface area contributed by atoms with E-state index < -0.39 is 22.5 Å². The third kappa shape index (κ3) is 4.80. The molecule has 0 heterocycles. The molecule has 6 nitrogen and oxygen atoms in total. The number of rotatable bonds is 8. The van der Waals surface area contributed by atoms with Crippen LogP contribution in [0.15, 0.2) is 83.8 Å². The van der Waals surface area contributed by atoms with E-state index in [0.29, 0.717) is 18.1 Å². The number of ether oxygens (including phenoxy) is 2. The Morgan fingerprint density at radius 3 is 2.13 bits per heavy atom. The zero-order chi connectivity index (χ0) is 21.6.